The Morgan fingerprint density at radius 2 is 1.70 bits per heavy atom. The summed E-state index contributed by atoms with van der Waals surface area (Å²) >= 11 is 0. The van der Waals surface area contributed by atoms with Crippen LogP contribution in [0.4, 0.5) is 11.4 Å². The van der Waals surface area contributed by atoms with Crippen LogP contribution in [-0.2, 0) is 4.79 Å². The summed E-state index contributed by atoms with van der Waals surface area (Å²) in [5.74, 6) is 0.181. The van der Waals surface area contributed by atoms with Crippen molar-refractivity contribution in [2.24, 2.45) is 0 Å². The number of para-hydroxylation sites is 2. The largest absolute Gasteiger partial charge is 0.397 e. The Kier molecular flexibility index (Phi) is 7.78. The van der Waals surface area contributed by atoms with Crippen molar-refractivity contribution in [3.63, 3.8) is 0 Å². The minimum atomic E-state index is 0.181. The van der Waals surface area contributed by atoms with E-state index in [1.807, 2.05) is 31.2 Å². The van der Waals surface area contributed by atoms with Gasteiger partial charge in [-0.25, -0.2) is 0 Å². The molecule has 0 aliphatic carbocycles. The molecule has 1 amide bonds. The highest BCUT2D eigenvalue weighted by atomic mass is 16.2. The molecule has 0 aliphatic rings. The van der Waals surface area contributed by atoms with Crippen LogP contribution in [-0.4, -0.2) is 12.5 Å². The minimum Gasteiger partial charge on any atom is -0.397 e. The summed E-state index contributed by atoms with van der Waals surface area (Å²) in [6.45, 7) is 4.88. The molecule has 0 fully saturated rings. The van der Waals surface area contributed by atoms with Crippen LogP contribution in [0, 0.1) is 0 Å². The number of carbonyl (C=O) groups is 1. The predicted octanol–water partition coefficient (Wildman–Crippen LogP) is 4.37. The lowest BCUT2D eigenvalue weighted by atomic mass is 10.1. The van der Waals surface area contributed by atoms with Gasteiger partial charge in [0.15, 0.2) is 0 Å². The first kappa shape index (κ1) is 16.5. The minimum absolute atomic E-state index is 0.181. The van der Waals surface area contributed by atoms with E-state index in [9.17, 15) is 4.79 Å². The fraction of sp³-hybridized carbons (Fsp3) is 0.588. The maximum atomic E-state index is 12.3. The Morgan fingerprint density at radius 3 is 2.35 bits per heavy atom. The van der Waals surface area contributed by atoms with Crippen LogP contribution < -0.4 is 10.6 Å². The zero-order valence-corrected chi connectivity index (χ0v) is 12.9. The molecule has 0 bridgehead atoms. The maximum Gasteiger partial charge on any atom is 0.227 e. The standard InChI is InChI=1S/C17H28N2O/c1-3-5-6-7-8-9-14-17(20)19(4-2)16-13-11-10-12-15(16)18/h10-13H,3-9,14,18H2,1-2H3. The van der Waals surface area contributed by atoms with Crippen molar-refractivity contribution in [2.75, 3.05) is 17.2 Å². The fourth-order valence-corrected chi connectivity index (χ4v) is 2.41. The highest BCUT2D eigenvalue weighted by Crippen LogP contribution is 2.23. The molecule has 0 atom stereocenters. The number of nitrogens with zero attached hydrogens (tertiary/aromatic N) is 1. The Balaban J connectivity index is 2.42. The molecule has 0 aromatic heterocycles. The molecule has 0 unspecified atom stereocenters. The topological polar surface area (TPSA) is 46.3 Å². The molecule has 0 aliphatic heterocycles. The Labute approximate surface area is 123 Å². The SMILES string of the molecule is CCCCCCCCC(=O)N(CC)c1ccccc1N. The van der Waals surface area contributed by atoms with Crippen LogP contribution >= 0.6 is 0 Å². The summed E-state index contributed by atoms with van der Waals surface area (Å²) in [5.41, 5.74) is 7.46. The van der Waals surface area contributed by atoms with Crippen LogP contribution in [0.5, 0.6) is 0 Å². The summed E-state index contributed by atoms with van der Waals surface area (Å²) in [6.07, 6.45) is 7.83. The number of amides is 1. The van der Waals surface area contributed by atoms with Crippen molar-refractivity contribution in [1.82, 2.24) is 0 Å². The van der Waals surface area contributed by atoms with Crippen molar-refractivity contribution >= 4 is 17.3 Å². The van der Waals surface area contributed by atoms with Crippen molar-refractivity contribution in [1.29, 1.82) is 0 Å². The van der Waals surface area contributed by atoms with E-state index < -0.39 is 0 Å². The van der Waals surface area contributed by atoms with E-state index in [0.717, 1.165) is 18.5 Å². The van der Waals surface area contributed by atoms with Crippen LogP contribution in [0.1, 0.15) is 58.8 Å². The number of unbranched alkanes of at least 4 members (excludes halogenated alkanes) is 5. The van der Waals surface area contributed by atoms with Gasteiger partial charge < -0.3 is 10.6 Å². The predicted molar refractivity (Wildman–Crippen MR) is 86.9 cm³/mol. The maximum absolute atomic E-state index is 12.3. The highest BCUT2D eigenvalue weighted by molar-refractivity contribution is 5.96. The Bertz CT molecular complexity index is 404. The van der Waals surface area contributed by atoms with Gasteiger partial charge in [0.1, 0.15) is 0 Å². The van der Waals surface area contributed by atoms with E-state index in [1.165, 1.54) is 25.7 Å². The third-order valence-corrected chi connectivity index (χ3v) is 3.59. The average Bonchev–Trinajstić information content (AvgIpc) is 2.45. The zero-order valence-electron chi connectivity index (χ0n) is 12.9. The summed E-state index contributed by atoms with van der Waals surface area (Å²) in [7, 11) is 0. The summed E-state index contributed by atoms with van der Waals surface area (Å²) in [5, 5.41) is 0. The van der Waals surface area contributed by atoms with E-state index in [0.29, 0.717) is 18.7 Å². The number of rotatable bonds is 9. The Morgan fingerprint density at radius 1 is 1.05 bits per heavy atom. The molecule has 112 valence electrons. The number of hydrogen-bond donors (Lipinski definition) is 1. The lowest BCUT2D eigenvalue weighted by Crippen LogP contribution is -2.31. The van der Waals surface area contributed by atoms with Crippen molar-refractivity contribution in [2.45, 2.75) is 58.8 Å². The molecule has 1 rings (SSSR count). The molecule has 1 aromatic rings. The molecule has 0 saturated carbocycles. The molecule has 0 saturated heterocycles. The molecular formula is C17H28N2O. The smallest absolute Gasteiger partial charge is 0.227 e. The second kappa shape index (κ2) is 9.40. The van der Waals surface area contributed by atoms with Crippen LogP contribution in [0.25, 0.3) is 0 Å². The van der Waals surface area contributed by atoms with Gasteiger partial charge in [0, 0.05) is 13.0 Å². The van der Waals surface area contributed by atoms with E-state index >= 15 is 0 Å². The second-order valence-corrected chi connectivity index (χ2v) is 5.21. The normalized spacial score (nSPS) is 10.5. The molecule has 2 N–H and O–H groups in total. The van der Waals surface area contributed by atoms with Gasteiger partial charge in [-0.15, -0.1) is 0 Å². The molecule has 20 heavy (non-hydrogen) atoms. The number of carbonyl (C=O) groups excluding carboxylic acids is 1. The molecule has 0 spiro atoms. The third kappa shape index (κ3) is 5.24. The number of benzene rings is 1. The zero-order chi connectivity index (χ0) is 14.8. The third-order valence-electron chi connectivity index (χ3n) is 3.59. The van der Waals surface area contributed by atoms with Gasteiger partial charge in [-0.1, -0.05) is 51.2 Å². The van der Waals surface area contributed by atoms with Gasteiger partial charge in [-0.05, 0) is 25.5 Å². The first-order chi connectivity index (χ1) is 9.70. The van der Waals surface area contributed by atoms with E-state index in [2.05, 4.69) is 6.92 Å². The quantitative estimate of drug-likeness (QED) is 0.537. The van der Waals surface area contributed by atoms with Gasteiger partial charge in [-0.2, -0.15) is 0 Å². The molecule has 0 radical (unpaired) electrons. The van der Waals surface area contributed by atoms with Crippen molar-refractivity contribution < 1.29 is 4.79 Å². The molecule has 3 heteroatoms. The van der Waals surface area contributed by atoms with Crippen LogP contribution in [0.15, 0.2) is 24.3 Å². The number of nitrogen functional groups attached to an aromatic ring is 1. The molecule has 0 heterocycles. The van der Waals surface area contributed by atoms with Gasteiger partial charge in [0.05, 0.1) is 11.4 Å². The molecular weight excluding hydrogens is 248 g/mol. The lowest BCUT2D eigenvalue weighted by Gasteiger charge is -2.22. The van der Waals surface area contributed by atoms with Crippen molar-refractivity contribution in [3.8, 4) is 0 Å². The first-order valence-electron chi connectivity index (χ1n) is 7.85. The summed E-state index contributed by atoms with van der Waals surface area (Å²) in [4.78, 5) is 14.1. The summed E-state index contributed by atoms with van der Waals surface area (Å²) < 4.78 is 0. The average molecular weight is 276 g/mol. The second-order valence-electron chi connectivity index (χ2n) is 5.21. The molecule has 3 nitrogen and oxygen atoms in total. The Hall–Kier alpha value is -1.51. The van der Waals surface area contributed by atoms with Crippen LogP contribution in [0.3, 0.4) is 0 Å². The number of hydrogen-bond acceptors (Lipinski definition) is 2. The molecule has 1 aromatic carbocycles. The lowest BCUT2D eigenvalue weighted by molar-refractivity contribution is -0.118. The highest BCUT2D eigenvalue weighted by Gasteiger charge is 2.15. The van der Waals surface area contributed by atoms with Gasteiger partial charge in [0.2, 0.25) is 5.91 Å². The van der Waals surface area contributed by atoms with Gasteiger partial charge in [-0.3, -0.25) is 4.79 Å². The van der Waals surface area contributed by atoms with Crippen molar-refractivity contribution in [3.05, 3.63) is 24.3 Å². The monoisotopic (exact) mass is 276 g/mol. The fourth-order valence-electron chi connectivity index (χ4n) is 2.41. The van der Waals surface area contributed by atoms with Gasteiger partial charge in [0.25, 0.3) is 0 Å². The van der Waals surface area contributed by atoms with E-state index in [-0.39, 0.29) is 5.91 Å². The first-order valence-corrected chi connectivity index (χ1v) is 7.85. The van der Waals surface area contributed by atoms with E-state index in [1.54, 1.807) is 4.90 Å². The number of anilines is 2. The van der Waals surface area contributed by atoms with Gasteiger partial charge >= 0.3 is 0 Å². The summed E-state index contributed by atoms with van der Waals surface area (Å²) in [6, 6.07) is 7.57. The van der Waals surface area contributed by atoms with Crippen LogP contribution in [0.2, 0.25) is 0 Å². The number of nitrogens with two attached hydrogens (primary N) is 1. The van der Waals surface area contributed by atoms with E-state index in [4.69, 9.17) is 5.73 Å².